The lowest BCUT2D eigenvalue weighted by molar-refractivity contribution is 0.111. The third-order valence-electron chi connectivity index (χ3n) is 2.42. The minimum atomic E-state index is 0.769. The molecule has 0 aromatic carbocycles. The van der Waals surface area contributed by atoms with E-state index in [1.54, 1.807) is 0 Å². The number of hydrogen-bond acceptors (Lipinski definition) is 3. The van der Waals surface area contributed by atoms with Gasteiger partial charge >= 0.3 is 0 Å². The number of aryl methyl sites for hydroxylation is 1. The molecular formula is C10H14BrNOS. The van der Waals surface area contributed by atoms with Crippen molar-refractivity contribution in [1.82, 2.24) is 0 Å². The Bertz CT molecular complexity index is 324. The van der Waals surface area contributed by atoms with Crippen molar-refractivity contribution in [2.45, 2.75) is 25.9 Å². The number of rotatable bonds is 3. The number of thiophene rings is 1. The average molecular weight is 276 g/mol. The van der Waals surface area contributed by atoms with Crippen LogP contribution in [-0.4, -0.2) is 13.2 Å². The van der Waals surface area contributed by atoms with Crippen LogP contribution in [0.2, 0.25) is 0 Å². The Hall–Kier alpha value is 0.1000. The third kappa shape index (κ3) is 2.03. The Morgan fingerprint density at radius 1 is 1.50 bits per heavy atom. The van der Waals surface area contributed by atoms with Gasteiger partial charge in [-0.2, -0.15) is 0 Å². The number of ether oxygens (including phenoxy) is 1. The van der Waals surface area contributed by atoms with Crippen molar-refractivity contribution < 1.29 is 4.74 Å². The molecule has 0 fully saturated rings. The van der Waals surface area contributed by atoms with Crippen LogP contribution in [0.25, 0.3) is 0 Å². The summed E-state index contributed by atoms with van der Waals surface area (Å²) in [5.74, 6) is 0. The van der Waals surface area contributed by atoms with Crippen LogP contribution in [0.1, 0.15) is 21.7 Å². The van der Waals surface area contributed by atoms with E-state index in [9.17, 15) is 0 Å². The third-order valence-corrected chi connectivity index (χ3v) is 4.99. The highest BCUT2D eigenvalue weighted by Gasteiger charge is 2.18. The van der Waals surface area contributed by atoms with Crippen LogP contribution in [0.5, 0.6) is 0 Å². The normalized spacial score (nSPS) is 15.6. The van der Waals surface area contributed by atoms with Gasteiger partial charge in [0.2, 0.25) is 0 Å². The highest BCUT2D eigenvalue weighted by molar-refractivity contribution is 9.10. The van der Waals surface area contributed by atoms with E-state index < -0.39 is 0 Å². The second-order valence-electron chi connectivity index (χ2n) is 3.44. The maximum atomic E-state index is 5.51. The zero-order valence-corrected chi connectivity index (χ0v) is 10.4. The first-order chi connectivity index (χ1) is 6.83. The SMILES string of the molecule is NCCCc1sc2c(c1Br)COCC2. The molecule has 0 spiro atoms. The molecule has 0 bridgehead atoms. The fourth-order valence-electron chi connectivity index (χ4n) is 1.65. The fraction of sp³-hybridized carbons (Fsp3) is 0.600. The van der Waals surface area contributed by atoms with Crippen molar-refractivity contribution in [3.8, 4) is 0 Å². The first-order valence-corrected chi connectivity index (χ1v) is 6.50. The lowest BCUT2D eigenvalue weighted by Gasteiger charge is -2.11. The molecule has 2 N–H and O–H groups in total. The van der Waals surface area contributed by atoms with E-state index in [0.29, 0.717) is 0 Å². The molecule has 2 rings (SSSR count). The highest BCUT2D eigenvalue weighted by atomic mass is 79.9. The summed E-state index contributed by atoms with van der Waals surface area (Å²) in [5.41, 5.74) is 6.88. The van der Waals surface area contributed by atoms with Crippen LogP contribution >= 0.6 is 27.3 Å². The van der Waals surface area contributed by atoms with Crippen LogP contribution in [0, 0.1) is 0 Å². The van der Waals surface area contributed by atoms with E-state index in [-0.39, 0.29) is 0 Å². The molecule has 0 aliphatic carbocycles. The minimum Gasteiger partial charge on any atom is -0.376 e. The van der Waals surface area contributed by atoms with Crippen molar-refractivity contribution in [3.63, 3.8) is 0 Å². The van der Waals surface area contributed by atoms with Crippen molar-refractivity contribution in [3.05, 3.63) is 19.8 Å². The quantitative estimate of drug-likeness (QED) is 0.920. The average Bonchev–Trinajstić information content (AvgIpc) is 2.54. The first kappa shape index (κ1) is 10.6. The summed E-state index contributed by atoms with van der Waals surface area (Å²) in [6.07, 6.45) is 3.23. The van der Waals surface area contributed by atoms with Gasteiger partial charge in [-0.3, -0.25) is 0 Å². The molecule has 0 radical (unpaired) electrons. The smallest absolute Gasteiger partial charge is 0.0739 e. The topological polar surface area (TPSA) is 35.2 Å². The van der Waals surface area contributed by atoms with E-state index >= 15 is 0 Å². The molecule has 2 nitrogen and oxygen atoms in total. The summed E-state index contributed by atoms with van der Waals surface area (Å²) in [5, 5.41) is 0. The monoisotopic (exact) mass is 275 g/mol. The number of nitrogens with two attached hydrogens (primary N) is 1. The Morgan fingerprint density at radius 2 is 2.36 bits per heavy atom. The maximum Gasteiger partial charge on any atom is 0.0739 e. The van der Waals surface area contributed by atoms with Crippen LogP contribution < -0.4 is 5.73 Å². The van der Waals surface area contributed by atoms with Gasteiger partial charge in [0.25, 0.3) is 0 Å². The van der Waals surface area contributed by atoms with Gasteiger partial charge in [-0.1, -0.05) is 0 Å². The van der Waals surface area contributed by atoms with Gasteiger partial charge in [-0.15, -0.1) is 11.3 Å². The minimum absolute atomic E-state index is 0.769. The van der Waals surface area contributed by atoms with E-state index in [2.05, 4.69) is 15.9 Å². The van der Waals surface area contributed by atoms with Gasteiger partial charge in [0.15, 0.2) is 0 Å². The molecule has 0 saturated carbocycles. The van der Waals surface area contributed by atoms with Crippen LogP contribution in [0.15, 0.2) is 4.47 Å². The first-order valence-electron chi connectivity index (χ1n) is 4.89. The van der Waals surface area contributed by atoms with Crippen LogP contribution in [-0.2, 0) is 24.2 Å². The van der Waals surface area contributed by atoms with Crippen molar-refractivity contribution in [2.75, 3.05) is 13.2 Å². The zero-order chi connectivity index (χ0) is 9.97. The van der Waals surface area contributed by atoms with E-state index in [0.717, 1.165) is 39.0 Å². The van der Waals surface area contributed by atoms with Gasteiger partial charge in [-0.25, -0.2) is 0 Å². The molecule has 0 unspecified atom stereocenters. The van der Waals surface area contributed by atoms with Crippen LogP contribution in [0.4, 0.5) is 0 Å². The second-order valence-corrected chi connectivity index (χ2v) is 5.42. The lowest BCUT2D eigenvalue weighted by atomic mass is 10.1. The lowest BCUT2D eigenvalue weighted by Crippen LogP contribution is -2.06. The largest absolute Gasteiger partial charge is 0.376 e. The zero-order valence-electron chi connectivity index (χ0n) is 8.01. The molecule has 2 heterocycles. The molecule has 14 heavy (non-hydrogen) atoms. The highest BCUT2D eigenvalue weighted by Crippen LogP contribution is 2.36. The molecule has 0 saturated heterocycles. The molecule has 0 amide bonds. The van der Waals surface area contributed by atoms with Gasteiger partial charge in [-0.05, 0) is 35.3 Å². The number of halogens is 1. The van der Waals surface area contributed by atoms with Crippen molar-refractivity contribution >= 4 is 27.3 Å². The Morgan fingerprint density at radius 3 is 3.07 bits per heavy atom. The second kappa shape index (κ2) is 4.75. The van der Waals surface area contributed by atoms with Gasteiger partial charge in [0.05, 0.1) is 13.2 Å². The van der Waals surface area contributed by atoms with E-state index in [1.807, 2.05) is 11.3 Å². The summed E-state index contributed by atoms with van der Waals surface area (Å²) in [6.45, 7) is 2.41. The van der Waals surface area contributed by atoms with E-state index in [1.165, 1.54) is 19.8 Å². The van der Waals surface area contributed by atoms with Crippen molar-refractivity contribution in [1.29, 1.82) is 0 Å². The predicted octanol–water partition coefficient (Wildman–Crippen LogP) is 2.47. The van der Waals surface area contributed by atoms with Gasteiger partial charge in [0.1, 0.15) is 0 Å². The van der Waals surface area contributed by atoms with Gasteiger partial charge < -0.3 is 10.5 Å². The number of hydrogen-bond donors (Lipinski definition) is 1. The summed E-state index contributed by atoms with van der Waals surface area (Å²) in [4.78, 5) is 2.93. The molecule has 78 valence electrons. The maximum absolute atomic E-state index is 5.51. The molecule has 1 aromatic rings. The molecule has 1 aliphatic heterocycles. The standard InChI is InChI=1S/C10H14BrNOS/c11-10-7-6-13-5-3-8(7)14-9(10)2-1-4-12/h1-6,12H2. The Labute approximate surface area is 96.6 Å². The molecule has 0 atom stereocenters. The Balaban J connectivity index is 2.20. The van der Waals surface area contributed by atoms with Crippen molar-refractivity contribution in [2.24, 2.45) is 5.73 Å². The molecule has 1 aliphatic rings. The molecule has 1 aromatic heterocycles. The molecule has 4 heteroatoms. The van der Waals surface area contributed by atoms with Gasteiger partial charge in [0, 0.05) is 26.2 Å². The Kier molecular flexibility index (Phi) is 3.60. The fourth-order valence-corrected chi connectivity index (χ4v) is 3.81. The summed E-state index contributed by atoms with van der Waals surface area (Å²) < 4.78 is 6.72. The number of fused-ring (bicyclic) bond motifs is 1. The summed E-state index contributed by atoms with van der Waals surface area (Å²) in [7, 11) is 0. The molecular weight excluding hydrogens is 262 g/mol. The summed E-state index contributed by atoms with van der Waals surface area (Å²) in [6, 6.07) is 0. The summed E-state index contributed by atoms with van der Waals surface area (Å²) >= 11 is 5.58. The predicted molar refractivity (Wildman–Crippen MR) is 62.8 cm³/mol. The van der Waals surface area contributed by atoms with E-state index in [4.69, 9.17) is 10.5 Å². The van der Waals surface area contributed by atoms with Crippen LogP contribution in [0.3, 0.4) is 0 Å².